The van der Waals surface area contributed by atoms with Gasteiger partial charge in [-0.3, -0.25) is 0 Å². The van der Waals surface area contributed by atoms with Crippen LogP contribution < -0.4 is 10.5 Å². The van der Waals surface area contributed by atoms with Crippen molar-refractivity contribution in [2.24, 2.45) is 5.73 Å². The molecule has 0 saturated carbocycles. The Kier molecular flexibility index (Phi) is 3.93. The first-order valence-corrected chi connectivity index (χ1v) is 6.12. The van der Waals surface area contributed by atoms with Crippen molar-refractivity contribution in [2.75, 3.05) is 0 Å². The lowest BCUT2D eigenvalue weighted by atomic mass is 10.2. The third-order valence-electron chi connectivity index (χ3n) is 2.09. The van der Waals surface area contributed by atoms with Crippen LogP contribution in [0.2, 0.25) is 5.02 Å². The lowest BCUT2D eigenvalue weighted by Crippen LogP contribution is -2.06. The summed E-state index contributed by atoms with van der Waals surface area (Å²) >= 11 is 6.41. The fourth-order valence-corrected chi connectivity index (χ4v) is 2.02. The molecule has 0 unspecified atom stereocenters. The molecule has 19 heavy (non-hydrogen) atoms. The Labute approximate surface area is 115 Å². The van der Waals surface area contributed by atoms with Crippen molar-refractivity contribution in [2.45, 2.75) is 12.7 Å². The van der Waals surface area contributed by atoms with Crippen molar-refractivity contribution in [1.29, 1.82) is 0 Å². The number of hydrogen-bond acceptors (Lipinski definition) is 5. The molecule has 9 heteroatoms. The SMILES string of the molecule is NCc1ccc(Oc2nc(C(F)(F)F)ns2)c(Cl)c1. The van der Waals surface area contributed by atoms with E-state index in [4.69, 9.17) is 22.1 Å². The number of nitrogens with two attached hydrogens (primary N) is 1. The average Bonchev–Trinajstić information content (AvgIpc) is 2.80. The molecule has 2 aromatic rings. The Morgan fingerprint density at radius 3 is 2.63 bits per heavy atom. The standard InChI is InChI=1S/C10H7ClF3N3OS/c11-6-3-5(4-15)1-2-7(6)18-9-16-8(17-19-9)10(12,13)14/h1-3H,4,15H2. The molecule has 0 radical (unpaired) electrons. The molecule has 0 spiro atoms. The number of aromatic nitrogens is 2. The Morgan fingerprint density at radius 2 is 2.11 bits per heavy atom. The summed E-state index contributed by atoms with van der Waals surface area (Å²) in [5, 5.41) is 0.0152. The van der Waals surface area contributed by atoms with Gasteiger partial charge in [-0.2, -0.15) is 22.5 Å². The van der Waals surface area contributed by atoms with Crippen molar-refractivity contribution < 1.29 is 17.9 Å². The maximum atomic E-state index is 12.3. The largest absolute Gasteiger partial charge is 0.452 e. The fourth-order valence-electron chi connectivity index (χ4n) is 1.21. The topological polar surface area (TPSA) is 61.0 Å². The summed E-state index contributed by atoms with van der Waals surface area (Å²) in [5.41, 5.74) is 6.21. The van der Waals surface area contributed by atoms with Gasteiger partial charge in [0, 0.05) is 18.1 Å². The second kappa shape index (κ2) is 5.32. The van der Waals surface area contributed by atoms with E-state index in [0.717, 1.165) is 5.56 Å². The summed E-state index contributed by atoms with van der Waals surface area (Å²) in [6, 6.07) is 4.74. The molecular formula is C10H7ClF3N3OS. The first-order chi connectivity index (χ1) is 8.90. The molecule has 4 nitrogen and oxygen atoms in total. The van der Waals surface area contributed by atoms with E-state index < -0.39 is 12.0 Å². The highest BCUT2D eigenvalue weighted by Gasteiger charge is 2.36. The van der Waals surface area contributed by atoms with Gasteiger partial charge in [0.1, 0.15) is 5.75 Å². The molecule has 1 heterocycles. The molecule has 0 fully saturated rings. The van der Waals surface area contributed by atoms with Gasteiger partial charge < -0.3 is 10.5 Å². The van der Waals surface area contributed by atoms with E-state index in [1.807, 2.05) is 0 Å². The van der Waals surface area contributed by atoms with Gasteiger partial charge in [-0.15, -0.1) is 0 Å². The molecule has 2 N–H and O–H groups in total. The van der Waals surface area contributed by atoms with Gasteiger partial charge >= 0.3 is 6.18 Å². The second-order valence-electron chi connectivity index (χ2n) is 3.45. The zero-order valence-electron chi connectivity index (χ0n) is 9.24. The highest BCUT2D eigenvalue weighted by Crippen LogP contribution is 2.34. The molecule has 0 aliphatic rings. The van der Waals surface area contributed by atoms with Crippen LogP contribution >= 0.6 is 23.1 Å². The maximum absolute atomic E-state index is 12.3. The van der Waals surface area contributed by atoms with Crippen LogP contribution in [0.5, 0.6) is 10.9 Å². The average molecular weight is 310 g/mol. The molecule has 0 aliphatic carbocycles. The Morgan fingerprint density at radius 1 is 1.37 bits per heavy atom. The summed E-state index contributed by atoms with van der Waals surface area (Å²) < 4.78 is 45.2. The summed E-state index contributed by atoms with van der Waals surface area (Å²) in [5.74, 6) is -1.04. The molecule has 0 amide bonds. The number of alkyl halides is 3. The number of halogens is 4. The van der Waals surface area contributed by atoms with Crippen LogP contribution in [0.1, 0.15) is 11.4 Å². The second-order valence-corrected chi connectivity index (χ2v) is 4.57. The van der Waals surface area contributed by atoms with Gasteiger partial charge in [0.2, 0.25) is 0 Å². The van der Waals surface area contributed by atoms with Crippen LogP contribution in [0.15, 0.2) is 18.2 Å². The predicted molar refractivity (Wildman–Crippen MR) is 64.3 cm³/mol. The summed E-state index contributed by atoms with van der Waals surface area (Å²) in [7, 11) is 0. The first-order valence-electron chi connectivity index (χ1n) is 4.97. The zero-order chi connectivity index (χ0) is 14.0. The van der Waals surface area contributed by atoms with E-state index in [0.29, 0.717) is 18.1 Å². The van der Waals surface area contributed by atoms with Crippen LogP contribution in [0.3, 0.4) is 0 Å². The van der Waals surface area contributed by atoms with Crippen LogP contribution in [0.25, 0.3) is 0 Å². The zero-order valence-corrected chi connectivity index (χ0v) is 10.8. The van der Waals surface area contributed by atoms with E-state index in [-0.39, 0.29) is 16.0 Å². The first kappa shape index (κ1) is 14.0. The molecule has 2 rings (SSSR count). The molecule has 102 valence electrons. The monoisotopic (exact) mass is 309 g/mol. The Hall–Kier alpha value is -1.38. The lowest BCUT2D eigenvalue weighted by molar-refractivity contribution is -0.144. The highest BCUT2D eigenvalue weighted by atomic mass is 35.5. The van der Waals surface area contributed by atoms with Crippen LogP contribution in [-0.2, 0) is 12.7 Å². The number of ether oxygens (including phenoxy) is 1. The number of nitrogens with zero attached hydrogens (tertiary/aromatic N) is 2. The molecule has 1 aromatic heterocycles. The van der Waals surface area contributed by atoms with Crippen LogP contribution in [0.4, 0.5) is 13.2 Å². The number of benzene rings is 1. The molecular weight excluding hydrogens is 303 g/mol. The minimum atomic E-state index is -4.59. The van der Waals surface area contributed by atoms with Crippen molar-refractivity contribution in [1.82, 2.24) is 9.36 Å². The van der Waals surface area contributed by atoms with Gasteiger partial charge in [0.25, 0.3) is 11.0 Å². The molecule has 0 saturated heterocycles. The lowest BCUT2D eigenvalue weighted by Gasteiger charge is -2.05. The Bertz CT molecular complexity index is 588. The van der Waals surface area contributed by atoms with Crippen molar-refractivity contribution in [3.05, 3.63) is 34.6 Å². The fraction of sp³-hybridized carbons (Fsp3) is 0.200. The van der Waals surface area contributed by atoms with E-state index in [1.165, 1.54) is 6.07 Å². The number of hydrogen-bond donors (Lipinski definition) is 1. The van der Waals surface area contributed by atoms with E-state index in [1.54, 1.807) is 12.1 Å². The smallest absolute Gasteiger partial charge is 0.428 e. The van der Waals surface area contributed by atoms with Crippen molar-refractivity contribution >= 4 is 23.1 Å². The highest BCUT2D eigenvalue weighted by molar-refractivity contribution is 7.07. The summed E-state index contributed by atoms with van der Waals surface area (Å²) in [6.07, 6.45) is -4.59. The van der Waals surface area contributed by atoms with Crippen molar-refractivity contribution in [3.8, 4) is 10.9 Å². The van der Waals surface area contributed by atoms with Gasteiger partial charge in [-0.1, -0.05) is 17.7 Å². The quantitative estimate of drug-likeness (QED) is 0.943. The normalized spacial score (nSPS) is 11.6. The Balaban J connectivity index is 2.20. The van der Waals surface area contributed by atoms with Gasteiger partial charge in [0.15, 0.2) is 0 Å². The van der Waals surface area contributed by atoms with E-state index in [9.17, 15) is 13.2 Å². The molecule has 0 aliphatic heterocycles. The minimum absolute atomic E-state index is 0.198. The minimum Gasteiger partial charge on any atom is -0.428 e. The van der Waals surface area contributed by atoms with Gasteiger partial charge in [0.05, 0.1) is 5.02 Å². The number of rotatable bonds is 3. The molecule has 0 atom stereocenters. The predicted octanol–water partition coefficient (Wildman–Crippen LogP) is 3.46. The van der Waals surface area contributed by atoms with Crippen molar-refractivity contribution in [3.63, 3.8) is 0 Å². The van der Waals surface area contributed by atoms with Gasteiger partial charge in [-0.25, -0.2) is 0 Å². The third-order valence-corrected chi connectivity index (χ3v) is 2.98. The summed E-state index contributed by atoms with van der Waals surface area (Å²) in [6.45, 7) is 0.303. The molecule has 1 aromatic carbocycles. The molecule has 0 bridgehead atoms. The maximum Gasteiger partial charge on any atom is 0.452 e. The van der Waals surface area contributed by atoms with E-state index in [2.05, 4.69) is 9.36 Å². The van der Waals surface area contributed by atoms with Gasteiger partial charge in [-0.05, 0) is 17.7 Å². The summed E-state index contributed by atoms with van der Waals surface area (Å²) in [4.78, 5) is 3.24. The van der Waals surface area contributed by atoms with E-state index >= 15 is 0 Å². The van der Waals surface area contributed by atoms with Crippen LogP contribution in [-0.4, -0.2) is 9.36 Å². The van der Waals surface area contributed by atoms with Crippen LogP contribution in [0, 0.1) is 0 Å². The third kappa shape index (κ3) is 3.34.